The minimum absolute atomic E-state index is 0.484. The van der Waals surface area contributed by atoms with Gasteiger partial charge in [0.2, 0.25) is 5.88 Å². The van der Waals surface area contributed by atoms with Crippen LogP contribution >= 0.6 is 11.3 Å². The van der Waals surface area contributed by atoms with Gasteiger partial charge in [0.25, 0.3) is 0 Å². The van der Waals surface area contributed by atoms with Gasteiger partial charge in [-0.05, 0) is 43.3 Å². The second-order valence-electron chi connectivity index (χ2n) is 4.52. The van der Waals surface area contributed by atoms with E-state index in [0.29, 0.717) is 11.9 Å². The zero-order chi connectivity index (χ0) is 13.5. The lowest BCUT2D eigenvalue weighted by Crippen LogP contribution is -2.28. The Morgan fingerprint density at radius 3 is 2.84 bits per heavy atom. The monoisotopic (exact) mass is 276 g/mol. The Labute approximate surface area is 118 Å². The number of aromatic nitrogens is 1. The molecule has 102 valence electrons. The van der Waals surface area contributed by atoms with Crippen molar-refractivity contribution in [3.63, 3.8) is 0 Å². The molecule has 0 amide bonds. The van der Waals surface area contributed by atoms with Gasteiger partial charge in [-0.2, -0.15) is 0 Å². The quantitative estimate of drug-likeness (QED) is 0.844. The van der Waals surface area contributed by atoms with Crippen LogP contribution < -0.4 is 10.1 Å². The zero-order valence-electron chi connectivity index (χ0n) is 11.4. The topological polar surface area (TPSA) is 34.1 Å². The Bertz CT molecular complexity index is 467. The van der Waals surface area contributed by atoms with Gasteiger partial charge >= 0.3 is 0 Å². The highest BCUT2D eigenvalue weighted by atomic mass is 32.1. The minimum atomic E-state index is 0.484. The van der Waals surface area contributed by atoms with E-state index >= 15 is 0 Å². The molecule has 0 saturated heterocycles. The summed E-state index contributed by atoms with van der Waals surface area (Å²) in [5.74, 6) is 0.670. The molecule has 1 N–H and O–H groups in total. The van der Waals surface area contributed by atoms with Gasteiger partial charge in [-0.15, -0.1) is 11.3 Å². The Kier molecular flexibility index (Phi) is 5.36. The summed E-state index contributed by atoms with van der Waals surface area (Å²) in [5, 5.41) is 5.52. The first-order valence-corrected chi connectivity index (χ1v) is 7.38. The highest BCUT2D eigenvalue weighted by molar-refractivity contribution is 7.09. The molecule has 3 nitrogen and oxygen atoms in total. The smallest absolute Gasteiger partial charge is 0.212 e. The largest absolute Gasteiger partial charge is 0.481 e. The van der Waals surface area contributed by atoms with E-state index < -0.39 is 0 Å². The third-order valence-electron chi connectivity index (χ3n) is 3.22. The average molecular weight is 276 g/mol. The lowest BCUT2D eigenvalue weighted by Gasteiger charge is -2.15. The number of ether oxygens (including phenoxy) is 1. The van der Waals surface area contributed by atoms with E-state index in [-0.39, 0.29) is 0 Å². The molecule has 2 rings (SSSR count). The number of rotatable bonds is 7. The van der Waals surface area contributed by atoms with Crippen LogP contribution in [0.15, 0.2) is 35.8 Å². The van der Waals surface area contributed by atoms with Crippen molar-refractivity contribution in [1.82, 2.24) is 10.3 Å². The SMILES string of the molecule is CNC(CCc1cccs1)Cc1ccc(OC)nc1. The van der Waals surface area contributed by atoms with Crippen molar-refractivity contribution >= 4 is 11.3 Å². The van der Waals surface area contributed by atoms with Gasteiger partial charge in [-0.1, -0.05) is 12.1 Å². The van der Waals surface area contributed by atoms with Crippen LogP contribution in [0.1, 0.15) is 16.9 Å². The van der Waals surface area contributed by atoms with Gasteiger partial charge in [0.1, 0.15) is 0 Å². The van der Waals surface area contributed by atoms with Gasteiger partial charge in [-0.25, -0.2) is 4.98 Å². The first-order valence-electron chi connectivity index (χ1n) is 6.50. The standard InChI is InChI=1S/C15H20N2OS/c1-16-13(6-7-14-4-3-9-19-14)10-12-5-8-15(18-2)17-11-12/h3-5,8-9,11,13,16H,6-7,10H2,1-2H3. The number of hydrogen-bond donors (Lipinski definition) is 1. The zero-order valence-corrected chi connectivity index (χ0v) is 12.2. The number of pyridine rings is 1. The number of likely N-dealkylation sites (N-methyl/N-ethyl adjacent to an activating group) is 1. The van der Waals surface area contributed by atoms with Crippen molar-refractivity contribution in [3.05, 3.63) is 46.3 Å². The van der Waals surface area contributed by atoms with E-state index in [1.807, 2.05) is 30.6 Å². The third kappa shape index (κ3) is 4.33. The fraction of sp³-hybridized carbons (Fsp3) is 0.400. The predicted molar refractivity (Wildman–Crippen MR) is 80.0 cm³/mol. The number of hydrogen-bond acceptors (Lipinski definition) is 4. The fourth-order valence-electron chi connectivity index (χ4n) is 2.06. The Balaban J connectivity index is 1.87. The first-order chi connectivity index (χ1) is 9.31. The Morgan fingerprint density at radius 1 is 1.37 bits per heavy atom. The lowest BCUT2D eigenvalue weighted by atomic mass is 10.0. The number of nitrogens with zero attached hydrogens (tertiary/aromatic N) is 1. The molecule has 2 aromatic rings. The minimum Gasteiger partial charge on any atom is -0.481 e. The van der Waals surface area contributed by atoms with Crippen molar-refractivity contribution in [1.29, 1.82) is 0 Å². The molecule has 2 heterocycles. The normalized spacial score (nSPS) is 12.3. The van der Waals surface area contributed by atoms with E-state index in [1.54, 1.807) is 7.11 Å². The molecule has 0 radical (unpaired) electrons. The van der Waals surface area contributed by atoms with Crippen molar-refractivity contribution in [2.24, 2.45) is 0 Å². The molecule has 19 heavy (non-hydrogen) atoms. The summed E-state index contributed by atoms with van der Waals surface area (Å²) in [6.07, 6.45) is 5.17. The molecule has 0 aliphatic heterocycles. The van der Waals surface area contributed by atoms with E-state index in [0.717, 1.165) is 19.3 Å². The van der Waals surface area contributed by atoms with Gasteiger partial charge in [-0.3, -0.25) is 0 Å². The molecule has 0 aliphatic rings. The molecule has 4 heteroatoms. The number of thiophene rings is 1. The van der Waals surface area contributed by atoms with Crippen LogP contribution in [0.5, 0.6) is 5.88 Å². The number of aryl methyl sites for hydroxylation is 1. The summed E-state index contributed by atoms with van der Waals surface area (Å²) in [6, 6.07) is 8.80. The van der Waals surface area contributed by atoms with Crippen molar-refractivity contribution < 1.29 is 4.74 Å². The maximum Gasteiger partial charge on any atom is 0.212 e. The Morgan fingerprint density at radius 2 is 2.26 bits per heavy atom. The molecule has 0 spiro atoms. The highest BCUT2D eigenvalue weighted by Crippen LogP contribution is 2.14. The second-order valence-corrected chi connectivity index (χ2v) is 5.55. The molecular weight excluding hydrogens is 256 g/mol. The molecule has 2 aromatic heterocycles. The van der Waals surface area contributed by atoms with Crippen LogP contribution in [-0.4, -0.2) is 25.2 Å². The first kappa shape index (κ1) is 14.0. The summed E-state index contributed by atoms with van der Waals surface area (Å²) in [7, 11) is 3.66. The Hall–Kier alpha value is -1.39. The molecule has 0 saturated carbocycles. The van der Waals surface area contributed by atoms with Crippen LogP contribution in [-0.2, 0) is 12.8 Å². The number of nitrogens with one attached hydrogen (secondary N) is 1. The van der Waals surface area contributed by atoms with E-state index in [1.165, 1.54) is 10.4 Å². The van der Waals surface area contributed by atoms with E-state index in [4.69, 9.17) is 4.74 Å². The van der Waals surface area contributed by atoms with Crippen LogP contribution in [0.25, 0.3) is 0 Å². The molecule has 0 bridgehead atoms. The van der Waals surface area contributed by atoms with Crippen LogP contribution in [0.4, 0.5) is 0 Å². The average Bonchev–Trinajstić information content (AvgIpc) is 2.97. The van der Waals surface area contributed by atoms with Crippen LogP contribution in [0, 0.1) is 0 Å². The van der Waals surface area contributed by atoms with E-state index in [2.05, 4.69) is 33.9 Å². The fourth-order valence-corrected chi connectivity index (χ4v) is 2.78. The highest BCUT2D eigenvalue weighted by Gasteiger charge is 2.08. The predicted octanol–water partition coefficient (Wildman–Crippen LogP) is 2.92. The maximum absolute atomic E-state index is 5.07. The number of methoxy groups -OCH3 is 1. The van der Waals surface area contributed by atoms with E-state index in [9.17, 15) is 0 Å². The lowest BCUT2D eigenvalue weighted by molar-refractivity contribution is 0.397. The van der Waals surface area contributed by atoms with Crippen molar-refractivity contribution in [2.75, 3.05) is 14.2 Å². The summed E-state index contributed by atoms with van der Waals surface area (Å²) < 4.78 is 5.07. The molecule has 0 fully saturated rings. The summed E-state index contributed by atoms with van der Waals surface area (Å²) >= 11 is 1.83. The van der Waals surface area contributed by atoms with Crippen LogP contribution in [0.3, 0.4) is 0 Å². The maximum atomic E-state index is 5.07. The third-order valence-corrected chi connectivity index (χ3v) is 4.15. The summed E-state index contributed by atoms with van der Waals surface area (Å²) in [6.45, 7) is 0. The molecule has 1 atom stereocenters. The molecule has 0 aromatic carbocycles. The second kappa shape index (κ2) is 7.26. The summed E-state index contributed by atoms with van der Waals surface area (Å²) in [4.78, 5) is 5.70. The van der Waals surface area contributed by atoms with Gasteiger partial charge in [0.05, 0.1) is 7.11 Å². The molecular formula is C15H20N2OS. The van der Waals surface area contributed by atoms with Gasteiger partial charge in [0.15, 0.2) is 0 Å². The molecule has 1 unspecified atom stereocenters. The van der Waals surface area contributed by atoms with Crippen molar-refractivity contribution in [2.45, 2.75) is 25.3 Å². The van der Waals surface area contributed by atoms with Crippen LogP contribution in [0.2, 0.25) is 0 Å². The van der Waals surface area contributed by atoms with Crippen molar-refractivity contribution in [3.8, 4) is 5.88 Å². The van der Waals surface area contributed by atoms with Gasteiger partial charge < -0.3 is 10.1 Å². The molecule has 0 aliphatic carbocycles. The summed E-state index contributed by atoms with van der Waals surface area (Å²) in [5.41, 5.74) is 1.24. The van der Waals surface area contributed by atoms with Gasteiger partial charge in [0, 0.05) is 23.2 Å².